The topological polar surface area (TPSA) is 61.8 Å². The van der Waals surface area contributed by atoms with Gasteiger partial charge in [0.15, 0.2) is 0 Å². The van der Waals surface area contributed by atoms with Crippen molar-refractivity contribution in [2.75, 3.05) is 20.3 Å². The fourth-order valence-corrected chi connectivity index (χ4v) is 2.67. The maximum Gasteiger partial charge on any atom is 0.416 e. The van der Waals surface area contributed by atoms with E-state index in [0.717, 1.165) is 12.5 Å². The van der Waals surface area contributed by atoms with E-state index < -0.39 is 17.8 Å². The molecule has 1 aromatic carbocycles. The van der Waals surface area contributed by atoms with E-state index in [4.69, 9.17) is 4.74 Å². The van der Waals surface area contributed by atoms with Crippen molar-refractivity contribution in [1.29, 1.82) is 0 Å². The molecule has 0 bridgehead atoms. The Morgan fingerprint density at radius 2 is 2.22 bits per heavy atom. The lowest BCUT2D eigenvalue weighted by molar-refractivity contribution is -0.138. The summed E-state index contributed by atoms with van der Waals surface area (Å²) in [6, 6.07) is 2.88. The highest BCUT2D eigenvalue weighted by molar-refractivity contribution is 5.75. The zero-order chi connectivity index (χ0) is 17.0. The summed E-state index contributed by atoms with van der Waals surface area (Å²) in [4.78, 5) is 13.5. The van der Waals surface area contributed by atoms with Crippen LogP contribution >= 0.6 is 0 Å². The fourth-order valence-electron chi connectivity index (χ4n) is 2.67. The Labute approximate surface area is 132 Å². The van der Waals surface area contributed by atoms with Crippen LogP contribution in [0.2, 0.25) is 0 Å². The molecule has 2 N–H and O–H groups in total. The van der Waals surface area contributed by atoms with Gasteiger partial charge in [0, 0.05) is 13.1 Å². The van der Waals surface area contributed by atoms with E-state index in [1.54, 1.807) is 0 Å². The average Bonchev–Trinajstić information content (AvgIpc) is 3.00. The summed E-state index contributed by atoms with van der Waals surface area (Å²) < 4.78 is 44.1. The van der Waals surface area contributed by atoms with Gasteiger partial charge in [0.05, 0.1) is 25.3 Å². The van der Waals surface area contributed by atoms with Gasteiger partial charge in [-0.2, -0.15) is 13.2 Å². The number of halogens is 3. The van der Waals surface area contributed by atoms with E-state index in [0.29, 0.717) is 13.0 Å². The second kappa shape index (κ2) is 7.08. The number of methoxy groups -OCH3 is 1. The lowest BCUT2D eigenvalue weighted by Gasteiger charge is -2.24. The highest BCUT2D eigenvalue weighted by atomic mass is 19.4. The highest BCUT2D eigenvalue weighted by Gasteiger charge is 2.34. The molecule has 1 saturated heterocycles. The summed E-state index contributed by atoms with van der Waals surface area (Å²) in [6.07, 6.45) is -3.06. The first-order valence-electron chi connectivity index (χ1n) is 7.26. The normalized spacial score (nSPS) is 18.1. The maximum atomic E-state index is 13.1. The molecular formula is C15H19F3N2O3. The molecule has 23 heavy (non-hydrogen) atoms. The Morgan fingerprint density at radius 3 is 2.83 bits per heavy atom. The molecule has 2 amide bonds. The van der Waals surface area contributed by atoms with Crippen molar-refractivity contribution in [3.8, 4) is 5.75 Å². The van der Waals surface area contributed by atoms with E-state index >= 15 is 0 Å². The van der Waals surface area contributed by atoms with Gasteiger partial charge in [-0.1, -0.05) is 6.07 Å². The Hall–Kier alpha value is -1.96. The number of nitrogens with one attached hydrogen (secondary N) is 1. The summed E-state index contributed by atoms with van der Waals surface area (Å²) in [5.74, 6) is 0.104. The van der Waals surface area contributed by atoms with Crippen LogP contribution < -0.4 is 10.1 Å². The number of hydrogen-bond donors (Lipinski definition) is 2. The second-order valence-corrected chi connectivity index (χ2v) is 5.35. The monoisotopic (exact) mass is 332 g/mol. The zero-order valence-electron chi connectivity index (χ0n) is 12.7. The standard InChI is InChI=1S/C15H19F3N2O3/c1-23-12-5-4-10(13(7-12)15(16,17)18)8-19-14(22)20-6-2-3-11(20)9-21/h4-5,7,11,21H,2-3,6,8-9H2,1H3,(H,19,22). The number of ether oxygens (including phenoxy) is 1. The lowest BCUT2D eigenvalue weighted by Crippen LogP contribution is -2.44. The van der Waals surface area contributed by atoms with Gasteiger partial charge in [-0.3, -0.25) is 0 Å². The number of carbonyl (C=O) groups is 1. The molecule has 1 aromatic rings. The summed E-state index contributed by atoms with van der Waals surface area (Å²) >= 11 is 0. The lowest BCUT2D eigenvalue weighted by atomic mass is 10.1. The van der Waals surface area contributed by atoms with E-state index in [9.17, 15) is 23.1 Å². The minimum atomic E-state index is -4.53. The van der Waals surface area contributed by atoms with Gasteiger partial charge in [0.1, 0.15) is 5.75 Å². The average molecular weight is 332 g/mol. The zero-order valence-corrected chi connectivity index (χ0v) is 12.7. The summed E-state index contributed by atoms with van der Waals surface area (Å²) in [5, 5.41) is 11.7. The number of likely N-dealkylation sites (tertiary alicyclic amines) is 1. The molecule has 0 aromatic heterocycles. The molecule has 1 unspecified atom stereocenters. The fraction of sp³-hybridized carbons (Fsp3) is 0.533. The van der Waals surface area contributed by atoms with Gasteiger partial charge in [-0.05, 0) is 30.5 Å². The molecule has 1 heterocycles. The molecule has 128 valence electrons. The number of hydrogen-bond acceptors (Lipinski definition) is 3. The van der Waals surface area contributed by atoms with Gasteiger partial charge in [-0.25, -0.2) is 4.79 Å². The third kappa shape index (κ3) is 4.07. The third-order valence-electron chi connectivity index (χ3n) is 3.90. The number of benzene rings is 1. The molecule has 0 saturated carbocycles. The predicted octanol–water partition coefficient (Wildman–Crippen LogP) is 2.38. The van der Waals surface area contributed by atoms with Gasteiger partial charge in [0.2, 0.25) is 0 Å². The van der Waals surface area contributed by atoms with E-state index in [2.05, 4.69) is 5.32 Å². The number of carbonyl (C=O) groups excluding carboxylic acids is 1. The largest absolute Gasteiger partial charge is 0.497 e. The van der Waals surface area contributed by atoms with Crippen LogP contribution in [-0.2, 0) is 12.7 Å². The van der Waals surface area contributed by atoms with E-state index in [1.807, 2.05) is 0 Å². The van der Waals surface area contributed by atoms with Crippen LogP contribution in [-0.4, -0.2) is 42.3 Å². The molecule has 1 fully saturated rings. The van der Waals surface area contributed by atoms with Crippen LogP contribution in [0.25, 0.3) is 0 Å². The Balaban J connectivity index is 2.09. The molecule has 0 spiro atoms. The Kier molecular flexibility index (Phi) is 5.35. The first-order chi connectivity index (χ1) is 10.9. The summed E-state index contributed by atoms with van der Waals surface area (Å²) in [7, 11) is 1.29. The van der Waals surface area contributed by atoms with Crippen molar-refractivity contribution in [2.45, 2.75) is 31.6 Å². The molecule has 1 aliphatic rings. The number of rotatable bonds is 4. The van der Waals surface area contributed by atoms with Gasteiger partial charge in [-0.15, -0.1) is 0 Å². The van der Waals surface area contributed by atoms with Gasteiger partial charge >= 0.3 is 12.2 Å². The van der Waals surface area contributed by atoms with Crippen molar-refractivity contribution in [2.24, 2.45) is 0 Å². The van der Waals surface area contributed by atoms with Crippen LogP contribution in [0, 0.1) is 0 Å². The number of nitrogens with zero attached hydrogens (tertiary/aromatic N) is 1. The molecular weight excluding hydrogens is 313 g/mol. The van der Waals surface area contributed by atoms with Crippen LogP contribution in [0.4, 0.5) is 18.0 Å². The van der Waals surface area contributed by atoms with Crippen LogP contribution in [0.3, 0.4) is 0 Å². The smallest absolute Gasteiger partial charge is 0.416 e. The third-order valence-corrected chi connectivity index (χ3v) is 3.90. The molecule has 2 rings (SSSR count). The quantitative estimate of drug-likeness (QED) is 0.890. The molecule has 1 aliphatic heterocycles. The molecule has 0 aliphatic carbocycles. The summed E-state index contributed by atoms with van der Waals surface area (Å²) in [5.41, 5.74) is -0.872. The second-order valence-electron chi connectivity index (χ2n) is 5.35. The van der Waals surface area contributed by atoms with Crippen LogP contribution in [0.1, 0.15) is 24.0 Å². The minimum Gasteiger partial charge on any atom is -0.497 e. The molecule has 0 radical (unpaired) electrons. The van der Waals surface area contributed by atoms with Crippen molar-refractivity contribution in [3.63, 3.8) is 0 Å². The van der Waals surface area contributed by atoms with Crippen molar-refractivity contribution >= 4 is 6.03 Å². The van der Waals surface area contributed by atoms with E-state index in [-0.39, 0.29) is 30.5 Å². The molecule has 8 heteroatoms. The number of urea groups is 1. The first kappa shape index (κ1) is 17.4. The number of aliphatic hydroxyl groups excluding tert-OH is 1. The molecule has 5 nitrogen and oxygen atoms in total. The van der Waals surface area contributed by atoms with Crippen molar-refractivity contribution < 1.29 is 27.8 Å². The maximum absolute atomic E-state index is 13.1. The number of aliphatic hydroxyl groups is 1. The highest BCUT2D eigenvalue weighted by Crippen LogP contribution is 2.34. The summed E-state index contributed by atoms with van der Waals surface area (Å²) in [6.45, 7) is 0.0991. The van der Waals surface area contributed by atoms with Crippen molar-refractivity contribution in [1.82, 2.24) is 10.2 Å². The van der Waals surface area contributed by atoms with Gasteiger partial charge < -0.3 is 20.1 Å². The Morgan fingerprint density at radius 1 is 1.48 bits per heavy atom. The van der Waals surface area contributed by atoms with E-state index in [1.165, 1.54) is 24.1 Å². The number of amides is 2. The number of alkyl halides is 3. The minimum absolute atomic E-state index is 0.0357. The Bertz CT molecular complexity index is 563. The first-order valence-corrected chi connectivity index (χ1v) is 7.26. The van der Waals surface area contributed by atoms with Gasteiger partial charge in [0.25, 0.3) is 0 Å². The van der Waals surface area contributed by atoms with Crippen molar-refractivity contribution in [3.05, 3.63) is 29.3 Å². The predicted molar refractivity (Wildman–Crippen MR) is 77.0 cm³/mol. The van der Waals surface area contributed by atoms with Crippen LogP contribution in [0.15, 0.2) is 18.2 Å². The van der Waals surface area contributed by atoms with Crippen LogP contribution in [0.5, 0.6) is 5.75 Å². The SMILES string of the molecule is COc1ccc(CNC(=O)N2CCCC2CO)c(C(F)(F)F)c1. The molecule has 1 atom stereocenters.